The average molecular weight is 1350 g/mol. The molecule has 530 valence electrons. The minimum absolute atomic E-state index is 0.0146. The number of rotatable bonds is 42. The molecule has 4 unspecified atom stereocenters. The largest absolute Gasteiger partial charge is 0.490 e. The number of carbonyl (C=O) groups is 11. The number of benzene rings is 2. The zero-order chi connectivity index (χ0) is 70.8. The Kier molecular flexibility index (Phi) is 34.1. The number of anilines is 1. The fourth-order valence-corrected chi connectivity index (χ4v) is 14.1. The Labute approximate surface area is 568 Å². The summed E-state index contributed by atoms with van der Waals surface area (Å²) >= 11 is 1.40. The first-order valence-corrected chi connectivity index (χ1v) is 35.4. The number of hydrogen-bond acceptors (Lipinski definition) is 16. The van der Waals surface area contributed by atoms with Crippen molar-refractivity contribution in [2.75, 3.05) is 53.0 Å². The van der Waals surface area contributed by atoms with Crippen molar-refractivity contribution in [1.82, 2.24) is 25.3 Å². The summed E-state index contributed by atoms with van der Waals surface area (Å²) in [6.07, 6.45) is 4.38. The van der Waals surface area contributed by atoms with E-state index in [2.05, 4.69) is 16.0 Å². The number of likely N-dealkylation sites (N-methyl/N-ethyl adjacent to an activating group) is 2. The van der Waals surface area contributed by atoms with Crippen LogP contribution in [-0.4, -0.2) is 175 Å². The SMILES string of the molecule is CC[C@H](C)C([C@@H](CC(=O)N1CCC[C@H]1[C@H](OC)[C@@H](C)C(=O)C[C@H](C)Oc1ccccc1)OC)N(C)C(=O)[C@@H](CC(=O)[C@H](C(C)C)N(C)C(=O)OCc1ccc(NC(=O)[C@H](CCCNC(N)=O)CC(=O)C(NC(=O)CCCCCC2C(=O)CC(SC)C2=O)C(C)C)cc1)C(C)C. The predicted molar refractivity (Wildman–Crippen MR) is 367 cm³/mol. The molecule has 1 aliphatic carbocycles. The lowest BCUT2D eigenvalue weighted by Gasteiger charge is -2.41. The van der Waals surface area contributed by atoms with Gasteiger partial charge in [-0.2, -0.15) is 11.8 Å². The molecule has 22 nitrogen and oxygen atoms in total. The molecule has 5 N–H and O–H groups in total. The second kappa shape index (κ2) is 40.1. The number of para-hydroxylation sites is 1. The molecule has 4 rings (SSSR count). The van der Waals surface area contributed by atoms with Crippen LogP contribution in [0.4, 0.5) is 15.3 Å². The van der Waals surface area contributed by atoms with Gasteiger partial charge < -0.3 is 55.3 Å². The van der Waals surface area contributed by atoms with Crippen molar-refractivity contribution in [2.24, 2.45) is 53.1 Å². The molecule has 0 radical (unpaired) electrons. The molecule has 0 spiro atoms. The number of amides is 7. The van der Waals surface area contributed by atoms with Gasteiger partial charge in [0.1, 0.15) is 30.0 Å². The number of Topliss-reactive ketones (excluding diaryl/α,β-unsaturated/α-hetero) is 5. The number of thioether (sulfide) groups is 1. The minimum Gasteiger partial charge on any atom is -0.490 e. The number of ketones is 5. The number of likely N-dealkylation sites (tertiary alicyclic amines) is 1. The van der Waals surface area contributed by atoms with Crippen LogP contribution in [0.2, 0.25) is 0 Å². The number of nitrogens with zero attached hydrogens (tertiary/aromatic N) is 3. The zero-order valence-corrected chi connectivity index (χ0v) is 59.9. The van der Waals surface area contributed by atoms with Gasteiger partial charge in [0.05, 0.1) is 54.0 Å². The number of unbranched alkanes of at least 4 members (excludes halogenated alkanes) is 2. The summed E-state index contributed by atoms with van der Waals surface area (Å²) in [4.78, 5) is 153. The van der Waals surface area contributed by atoms with Crippen molar-refractivity contribution in [2.45, 2.75) is 220 Å². The summed E-state index contributed by atoms with van der Waals surface area (Å²) in [6, 6.07) is 12.4. The van der Waals surface area contributed by atoms with Crippen molar-refractivity contribution >= 4 is 82.1 Å². The number of urea groups is 1. The van der Waals surface area contributed by atoms with Crippen LogP contribution in [0.3, 0.4) is 0 Å². The normalized spacial score (nSPS) is 18.8. The Morgan fingerprint density at radius 3 is 2.01 bits per heavy atom. The summed E-state index contributed by atoms with van der Waals surface area (Å²) in [5.41, 5.74) is 6.24. The van der Waals surface area contributed by atoms with E-state index in [4.69, 9.17) is 24.7 Å². The Bertz CT molecular complexity index is 2860. The standard InChI is InChI=1S/C72H111N7O15S/c1-16-46(8)66(60(91-13)41-63(85)79-36-24-29-55(79)68(92-14)48(10)56(80)37-47(9)94-52-26-19-17-20-27-52)77(11)70(88)54(43(2)3)39-59(83)65(45(6)7)78(12)72(90)93-42-49-31-33-51(34-32-49)75-69(87)50(25-23-35-74-71(73)89)38-58(82)64(44(4)5)76-62(84)30-22-18-21-28-53-57(81)40-61(95-15)67(53)86/h17,19-20,26-27,31-34,43-48,50,53-55,60-61,64-66,68H,16,18,21-25,28-30,35-42H2,1-15H3,(H,75,87)(H,76,84)(H3,73,74,89)/t46-,47-,48-,50+,53?,54-,55-,60+,61?,64?,65-,66?,68+/m0/s1. The first-order chi connectivity index (χ1) is 45.0. The van der Waals surface area contributed by atoms with Crippen LogP contribution in [0, 0.1) is 47.3 Å². The third-order valence-electron chi connectivity index (χ3n) is 19.0. The molecule has 7 amide bonds. The maximum Gasteiger partial charge on any atom is 0.410 e. The number of methoxy groups -OCH3 is 2. The van der Waals surface area contributed by atoms with Crippen LogP contribution in [-0.2, 0) is 64.0 Å². The molecule has 95 heavy (non-hydrogen) atoms. The smallest absolute Gasteiger partial charge is 0.410 e. The molecule has 1 saturated heterocycles. The summed E-state index contributed by atoms with van der Waals surface area (Å²) in [6.45, 7) is 19.2. The van der Waals surface area contributed by atoms with Gasteiger partial charge in [0.15, 0.2) is 17.3 Å². The minimum atomic E-state index is -0.958. The molecule has 2 fully saturated rings. The number of nitrogens with two attached hydrogens (primary N) is 1. The van der Waals surface area contributed by atoms with E-state index in [0.29, 0.717) is 68.5 Å². The van der Waals surface area contributed by atoms with Crippen LogP contribution in [0.1, 0.15) is 171 Å². The lowest BCUT2D eigenvalue weighted by Crippen LogP contribution is -2.54. The van der Waals surface area contributed by atoms with Gasteiger partial charge in [-0.1, -0.05) is 112 Å². The Morgan fingerprint density at radius 1 is 0.758 bits per heavy atom. The first-order valence-electron chi connectivity index (χ1n) is 34.1. The second-order valence-electron chi connectivity index (χ2n) is 27.1. The van der Waals surface area contributed by atoms with E-state index in [1.165, 1.54) is 30.8 Å². The molecule has 0 bridgehead atoms. The fourth-order valence-electron chi connectivity index (χ4n) is 13.4. The van der Waals surface area contributed by atoms with Crippen LogP contribution in [0.25, 0.3) is 0 Å². The number of primary amides is 1. The third-order valence-corrected chi connectivity index (χ3v) is 20.0. The van der Waals surface area contributed by atoms with Gasteiger partial charge in [0.25, 0.3) is 0 Å². The molecule has 1 heterocycles. The molecule has 2 aromatic rings. The van der Waals surface area contributed by atoms with E-state index in [9.17, 15) is 52.7 Å². The molecule has 1 saturated carbocycles. The maximum atomic E-state index is 14.9. The molecule has 2 aliphatic rings. The fraction of sp³-hybridized carbons (Fsp3) is 0.681. The van der Waals surface area contributed by atoms with Crippen molar-refractivity contribution in [1.29, 1.82) is 0 Å². The Hall–Kier alpha value is -6.72. The lowest BCUT2D eigenvalue weighted by atomic mass is 9.83. The quantitative estimate of drug-likeness (QED) is 0.0355. The number of ether oxygens (including phenoxy) is 4. The summed E-state index contributed by atoms with van der Waals surface area (Å²) in [5.74, 6) is -5.14. The number of hydrogen-bond donors (Lipinski definition) is 4. The Balaban J connectivity index is 1.36. The van der Waals surface area contributed by atoms with Gasteiger partial charge in [-0.3, -0.25) is 43.2 Å². The van der Waals surface area contributed by atoms with Crippen molar-refractivity contribution < 1.29 is 71.7 Å². The van der Waals surface area contributed by atoms with E-state index in [-0.39, 0.29) is 146 Å². The summed E-state index contributed by atoms with van der Waals surface area (Å²) < 4.78 is 23.9. The molecule has 1 aliphatic heterocycles. The summed E-state index contributed by atoms with van der Waals surface area (Å²) in [7, 11) is 6.28. The van der Waals surface area contributed by atoms with Crippen LogP contribution in [0.5, 0.6) is 5.75 Å². The predicted octanol–water partition coefficient (Wildman–Crippen LogP) is 9.80. The number of nitrogens with one attached hydrogen (secondary N) is 3. The van der Waals surface area contributed by atoms with Gasteiger partial charge >= 0.3 is 12.1 Å². The van der Waals surface area contributed by atoms with Crippen LogP contribution in [0.15, 0.2) is 54.6 Å². The zero-order valence-electron chi connectivity index (χ0n) is 59.1. The van der Waals surface area contributed by atoms with Gasteiger partial charge in [-0.25, -0.2) is 9.59 Å². The highest BCUT2D eigenvalue weighted by Crippen LogP contribution is 2.34. The van der Waals surface area contributed by atoms with Crippen molar-refractivity contribution in [3.05, 3.63) is 60.2 Å². The van der Waals surface area contributed by atoms with E-state index in [0.717, 1.165) is 6.42 Å². The van der Waals surface area contributed by atoms with Crippen LogP contribution < -0.4 is 26.4 Å². The highest BCUT2D eigenvalue weighted by Gasteiger charge is 2.45. The highest BCUT2D eigenvalue weighted by molar-refractivity contribution is 8.00. The Morgan fingerprint density at radius 2 is 1.43 bits per heavy atom. The average Bonchev–Trinajstić information content (AvgIpc) is 1.81. The van der Waals surface area contributed by atoms with Crippen molar-refractivity contribution in [3.8, 4) is 5.75 Å². The molecule has 23 heteroatoms. The second-order valence-corrected chi connectivity index (χ2v) is 28.1. The van der Waals surface area contributed by atoms with Gasteiger partial charge in [-0.15, -0.1) is 0 Å². The van der Waals surface area contributed by atoms with E-state index in [1.807, 2.05) is 92.0 Å². The van der Waals surface area contributed by atoms with E-state index < -0.39 is 72.0 Å². The molecule has 13 atom stereocenters. The molecule has 2 aromatic carbocycles. The third kappa shape index (κ3) is 24.4. The highest BCUT2D eigenvalue weighted by atomic mass is 32.2. The topological polar surface area (TPSA) is 297 Å². The lowest BCUT2D eigenvalue weighted by molar-refractivity contribution is -0.149. The van der Waals surface area contributed by atoms with Gasteiger partial charge in [0, 0.05) is 96.9 Å². The van der Waals surface area contributed by atoms with E-state index in [1.54, 1.807) is 62.1 Å². The van der Waals surface area contributed by atoms with Gasteiger partial charge in [-0.05, 0) is 105 Å². The van der Waals surface area contributed by atoms with E-state index >= 15 is 0 Å². The van der Waals surface area contributed by atoms with Gasteiger partial charge in [0.2, 0.25) is 23.6 Å². The molecule has 0 aromatic heterocycles. The summed E-state index contributed by atoms with van der Waals surface area (Å²) in [5, 5.41) is 7.97. The monoisotopic (exact) mass is 1350 g/mol. The van der Waals surface area contributed by atoms with Crippen LogP contribution >= 0.6 is 11.8 Å². The molecular formula is C72H111N7O15S. The first kappa shape index (κ1) is 80.7. The maximum absolute atomic E-state index is 14.9. The van der Waals surface area contributed by atoms with Crippen molar-refractivity contribution in [3.63, 3.8) is 0 Å². The number of carbonyl (C=O) groups excluding carboxylic acids is 11. The molecular weight excluding hydrogens is 1230 g/mol.